The summed E-state index contributed by atoms with van der Waals surface area (Å²) in [7, 11) is 0. The first-order valence-corrected chi connectivity index (χ1v) is 7.29. The molecule has 0 saturated carbocycles. The van der Waals surface area contributed by atoms with Crippen molar-refractivity contribution in [2.24, 2.45) is 0 Å². The highest BCUT2D eigenvalue weighted by molar-refractivity contribution is 7.08. The summed E-state index contributed by atoms with van der Waals surface area (Å²) in [4.78, 5) is 13.2. The van der Waals surface area contributed by atoms with Gasteiger partial charge in [0.05, 0.1) is 11.6 Å². The molecule has 0 fully saturated rings. The number of anilines is 1. The van der Waals surface area contributed by atoms with E-state index in [1.165, 1.54) is 4.80 Å². The van der Waals surface area contributed by atoms with Crippen LogP contribution in [0.5, 0.6) is 0 Å². The second-order valence-corrected chi connectivity index (χ2v) is 5.18. The average Bonchev–Trinajstić information content (AvgIpc) is 3.18. The molecular formula is C14H10N6OS. The summed E-state index contributed by atoms with van der Waals surface area (Å²) in [5, 5.41) is 27.3. The Morgan fingerprint density at radius 3 is 3.09 bits per heavy atom. The molecule has 2 aromatic heterocycles. The van der Waals surface area contributed by atoms with Gasteiger partial charge < -0.3 is 5.32 Å². The summed E-state index contributed by atoms with van der Waals surface area (Å²) >= 11 is 1.54. The molecule has 108 valence electrons. The van der Waals surface area contributed by atoms with Crippen LogP contribution in [0.1, 0.15) is 5.56 Å². The molecule has 3 aromatic rings. The number of carbonyl (C=O) groups is 1. The predicted molar refractivity (Wildman–Crippen MR) is 80.9 cm³/mol. The SMILES string of the molecule is N#Cc1cccc(NC(=O)Cn2nnc(-c3ccsc3)n2)c1. The second-order valence-electron chi connectivity index (χ2n) is 4.40. The van der Waals surface area contributed by atoms with Crippen LogP contribution < -0.4 is 5.32 Å². The maximum atomic E-state index is 12.0. The van der Waals surface area contributed by atoms with Crippen LogP contribution in [0.4, 0.5) is 5.69 Å². The quantitative estimate of drug-likeness (QED) is 0.794. The zero-order valence-corrected chi connectivity index (χ0v) is 12.1. The summed E-state index contributed by atoms with van der Waals surface area (Å²) in [6.07, 6.45) is 0. The Bertz CT molecular complexity index is 833. The van der Waals surface area contributed by atoms with Crippen LogP contribution in [0, 0.1) is 11.3 Å². The summed E-state index contributed by atoms with van der Waals surface area (Å²) in [6, 6.07) is 10.6. The summed E-state index contributed by atoms with van der Waals surface area (Å²) in [6.45, 7) is -0.0477. The normalized spacial score (nSPS) is 10.1. The summed E-state index contributed by atoms with van der Waals surface area (Å²) in [5.41, 5.74) is 1.91. The Kier molecular flexibility index (Phi) is 3.89. The maximum Gasteiger partial charge on any atom is 0.248 e. The molecule has 0 saturated heterocycles. The minimum absolute atomic E-state index is 0.0477. The van der Waals surface area contributed by atoms with E-state index in [1.807, 2.05) is 22.9 Å². The van der Waals surface area contributed by atoms with Crippen molar-refractivity contribution in [3.05, 3.63) is 46.7 Å². The molecule has 1 aromatic carbocycles. The van der Waals surface area contributed by atoms with Crippen LogP contribution in [0.15, 0.2) is 41.1 Å². The molecule has 1 amide bonds. The molecule has 0 bridgehead atoms. The monoisotopic (exact) mass is 310 g/mol. The van der Waals surface area contributed by atoms with E-state index in [2.05, 4.69) is 20.7 Å². The minimum Gasteiger partial charge on any atom is -0.324 e. The van der Waals surface area contributed by atoms with Gasteiger partial charge in [0, 0.05) is 16.6 Å². The Morgan fingerprint density at radius 2 is 2.32 bits per heavy atom. The van der Waals surface area contributed by atoms with Crippen LogP contribution in [-0.2, 0) is 11.3 Å². The third-order valence-corrected chi connectivity index (χ3v) is 3.48. The number of carbonyl (C=O) groups excluding carboxylic acids is 1. The van der Waals surface area contributed by atoms with Crippen molar-refractivity contribution in [1.82, 2.24) is 20.2 Å². The predicted octanol–water partition coefficient (Wildman–Crippen LogP) is 1.91. The van der Waals surface area contributed by atoms with Crippen LogP contribution in [0.3, 0.4) is 0 Å². The van der Waals surface area contributed by atoms with E-state index >= 15 is 0 Å². The van der Waals surface area contributed by atoms with Crippen LogP contribution in [0.2, 0.25) is 0 Å². The maximum absolute atomic E-state index is 12.0. The first-order valence-electron chi connectivity index (χ1n) is 6.35. The highest BCUT2D eigenvalue weighted by atomic mass is 32.1. The van der Waals surface area contributed by atoms with Crippen molar-refractivity contribution in [1.29, 1.82) is 5.26 Å². The molecule has 0 atom stereocenters. The zero-order valence-electron chi connectivity index (χ0n) is 11.3. The van der Waals surface area contributed by atoms with E-state index in [4.69, 9.17) is 5.26 Å². The van der Waals surface area contributed by atoms with E-state index in [0.717, 1.165) is 5.56 Å². The first-order chi connectivity index (χ1) is 10.7. The van der Waals surface area contributed by atoms with Crippen molar-refractivity contribution in [2.75, 3.05) is 5.32 Å². The number of amides is 1. The Hall–Kier alpha value is -3.05. The Labute approximate surface area is 129 Å². The molecule has 22 heavy (non-hydrogen) atoms. The van der Waals surface area contributed by atoms with Gasteiger partial charge in [-0.3, -0.25) is 4.79 Å². The molecule has 3 rings (SSSR count). The van der Waals surface area contributed by atoms with Crippen molar-refractivity contribution in [2.45, 2.75) is 6.54 Å². The second kappa shape index (κ2) is 6.15. The van der Waals surface area contributed by atoms with Crippen molar-refractivity contribution >= 4 is 22.9 Å². The number of rotatable bonds is 4. The number of nitriles is 1. The molecule has 2 heterocycles. The number of benzene rings is 1. The Morgan fingerprint density at radius 1 is 1.41 bits per heavy atom. The number of thiophene rings is 1. The highest BCUT2D eigenvalue weighted by Crippen LogP contribution is 2.16. The molecule has 1 N–H and O–H groups in total. The minimum atomic E-state index is -0.288. The fraction of sp³-hybridized carbons (Fsp3) is 0.0714. The van der Waals surface area contributed by atoms with Gasteiger partial charge in [-0.1, -0.05) is 6.07 Å². The molecule has 0 aliphatic carbocycles. The van der Waals surface area contributed by atoms with Gasteiger partial charge >= 0.3 is 0 Å². The number of hydrogen-bond donors (Lipinski definition) is 1. The molecule has 0 aliphatic rings. The van der Waals surface area contributed by atoms with Crippen LogP contribution >= 0.6 is 11.3 Å². The lowest BCUT2D eigenvalue weighted by Gasteiger charge is -2.04. The van der Waals surface area contributed by atoms with Crippen molar-refractivity contribution in [3.8, 4) is 17.5 Å². The van der Waals surface area contributed by atoms with Crippen molar-refractivity contribution in [3.63, 3.8) is 0 Å². The Balaban J connectivity index is 1.66. The standard InChI is InChI=1S/C14H10N6OS/c15-7-10-2-1-3-12(6-10)16-13(21)8-20-18-14(17-19-20)11-4-5-22-9-11/h1-6,9H,8H2,(H,16,21). The molecule has 0 spiro atoms. The molecular weight excluding hydrogens is 300 g/mol. The largest absolute Gasteiger partial charge is 0.324 e. The third kappa shape index (κ3) is 3.16. The topological polar surface area (TPSA) is 96.5 Å². The van der Waals surface area contributed by atoms with E-state index < -0.39 is 0 Å². The lowest BCUT2D eigenvalue weighted by atomic mass is 10.2. The number of hydrogen-bond acceptors (Lipinski definition) is 6. The van der Waals surface area contributed by atoms with Crippen LogP contribution in [0.25, 0.3) is 11.4 Å². The van der Waals surface area contributed by atoms with Gasteiger partial charge in [-0.25, -0.2) is 0 Å². The zero-order chi connectivity index (χ0) is 15.4. The van der Waals surface area contributed by atoms with E-state index in [1.54, 1.807) is 35.6 Å². The van der Waals surface area contributed by atoms with Gasteiger partial charge in [-0.2, -0.15) is 21.4 Å². The smallest absolute Gasteiger partial charge is 0.248 e. The number of nitrogens with one attached hydrogen (secondary N) is 1. The fourth-order valence-electron chi connectivity index (χ4n) is 1.81. The van der Waals surface area contributed by atoms with Gasteiger partial charge in [0.1, 0.15) is 6.54 Å². The number of nitrogens with zero attached hydrogens (tertiary/aromatic N) is 5. The van der Waals surface area contributed by atoms with Gasteiger partial charge in [0.25, 0.3) is 0 Å². The van der Waals surface area contributed by atoms with E-state index in [-0.39, 0.29) is 12.5 Å². The fourth-order valence-corrected chi connectivity index (χ4v) is 2.45. The van der Waals surface area contributed by atoms with Crippen molar-refractivity contribution < 1.29 is 4.79 Å². The molecule has 8 heteroatoms. The lowest BCUT2D eigenvalue weighted by Crippen LogP contribution is -2.20. The van der Waals surface area contributed by atoms with Gasteiger partial charge in [-0.05, 0) is 34.9 Å². The molecule has 0 unspecified atom stereocenters. The number of tetrazole rings is 1. The molecule has 7 nitrogen and oxygen atoms in total. The van der Waals surface area contributed by atoms with E-state index in [0.29, 0.717) is 17.1 Å². The van der Waals surface area contributed by atoms with Crippen LogP contribution in [-0.4, -0.2) is 26.1 Å². The first kappa shape index (κ1) is 13.9. The third-order valence-electron chi connectivity index (χ3n) is 2.79. The highest BCUT2D eigenvalue weighted by Gasteiger charge is 2.10. The van der Waals surface area contributed by atoms with E-state index in [9.17, 15) is 4.79 Å². The number of aromatic nitrogens is 4. The summed E-state index contributed by atoms with van der Waals surface area (Å²) < 4.78 is 0. The average molecular weight is 310 g/mol. The lowest BCUT2D eigenvalue weighted by molar-refractivity contribution is -0.117. The van der Waals surface area contributed by atoms with Gasteiger partial charge in [0.15, 0.2) is 0 Å². The molecule has 0 radical (unpaired) electrons. The summed E-state index contributed by atoms with van der Waals surface area (Å²) in [5.74, 6) is 0.199. The van der Waals surface area contributed by atoms with Gasteiger partial charge in [-0.15, -0.1) is 10.2 Å². The van der Waals surface area contributed by atoms with Gasteiger partial charge in [0.2, 0.25) is 11.7 Å². The molecule has 0 aliphatic heterocycles.